The zero-order valence-corrected chi connectivity index (χ0v) is 12.7. The van der Waals surface area contributed by atoms with Crippen LogP contribution in [0.2, 0.25) is 0 Å². The summed E-state index contributed by atoms with van der Waals surface area (Å²) in [6, 6.07) is 0. The van der Waals surface area contributed by atoms with E-state index in [-0.39, 0.29) is 18.4 Å². The maximum Gasteiger partial charge on any atom is 0.410 e. The highest BCUT2D eigenvalue weighted by molar-refractivity contribution is 5.70. The first-order valence-electron chi connectivity index (χ1n) is 6.95. The molecule has 0 unspecified atom stereocenters. The van der Waals surface area contributed by atoms with Gasteiger partial charge in [0.1, 0.15) is 5.60 Å². The number of carbonyl (C=O) groups is 2. The molecule has 116 valence electrons. The summed E-state index contributed by atoms with van der Waals surface area (Å²) in [6.07, 6.45) is 0.392. The lowest BCUT2D eigenvalue weighted by Crippen LogP contribution is -2.45. The maximum atomic E-state index is 12.0. The third-order valence-corrected chi connectivity index (χ3v) is 3.26. The Morgan fingerprint density at radius 1 is 1.40 bits per heavy atom. The third-order valence-electron chi connectivity index (χ3n) is 3.26. The van der Waals surface area contributed by atoms with Gasteiger partial charge in [0, 0.05) is 19.0 Å². The minimum atomic E-state index is -0.785. The van der Waals surface area contributed by atoms with E-state index in [9.17, 15) is 14.7 Å². The summed E-state index contributed by atoms with van der Waals surface area (Å²) in [5.74, 6) is -0.553. The lowest BCUT2D eigenvalue weighted by Gasteiger charge is -2.35. The Hall–Kier alpha value is -1.30. The maximum absolute atomic E-state index is 12.0. The fourth-order valence-corrected chi connectivity index (χ4v) is 2.24. The van der Waals surface area contributed by atoms with Crippen molar-refractivity contribution in [2.75, 3.05) is 20.2 Å². The molecular formula is C14H25NO5. The van der Waals surface area contributed by atoms with Crippen LogP contribution in [0.15, 0.2) is 0 Å². The normalized spacial score (nSPS) is 21.2. The van der Waals surface area contributed by atoms with Crippen LogP contribution in [0, 0.1) is 5.92 Å². The molecule has 0 spiro atoms. The molecule has 1 amide bonds. The van der Waals surface area contributed by atoms with Crippen molar-refractivity contribution in [2.45, 2.75) is 51.7 Å². The number of esters is 1. The number of nitrogens with zero attached hydrogens (tertiary/aromatic N) is 1. The predicted octanol–water partition coefficient (Wildman–Crippen LogP) is 1.56. The standard InChI is InChI=1S/C14H25NO5/c1-14(2,3)20-13(18)15-7-5-6-10(9-15)11(16)8-12(17)19-4/h10-11,16H,5-9H2,1-4H3/t10-,11+/m1/s1. The minimum Gasteiger partial charge on any atom is -0.469 e. The Morgan fingerprint density at radius 2 is 2.05 bits per heavy atom. The molecule has 0 bridgehead atoms. The molecule has 1 rings (SSSR count). The molecule has 0 aromatic rings. The van der Waals surface area contributed by atoms with Gasteiger partial charge in [0.25, 0.3) is 0 Å². The number of likely N-dealkylation sites (tertiary alicyclic amines) is 1. The molecule has 1 fully saturated rings. The van der Waals surface area contributed by atoms with Gasteiger partial charge in [-0.05, 0) is 33.6 Å². The molecule has 1 heterocycles. The van der Waals surface area contributed by atoms with Crippen LogP contribution in [0.3, 0.4) is 0 Å². The quantitative estimate of drug-likeness (QED) is 0.797. The highest BCUT2D eigenvalue weighted by Crippen LogP contribution is 2.23. The van der Waals surface area contributed by atoms with Crippen molar-refractivity contribution in [3.05, 3.63) is 0 Å². The number of rotatable bonds is 3. The van der Waals surface area contributed by atoms with Gasteiger partial charge in [-0.15, -0.1) is 0 Å². The largest absolute Gasteiger partial charge is 0.469 e. The van der Waals surface area contributed by atoms with E-state index in [1.54, 1.807) is 4.90 Å². The van der Waals surface area contributed by atoms with Crippen molar-refractivity contribution >= 4 is 12.1 Å². The van der Waals surface area contributed by atoms with Gasteiger partial charge in [-0.2, -0.15) is 0 Å². The number of carbonyl (C=O) groups excluding carboxylic acids is 2. The van der Waals surface area contributed by atoms with Crippen LogP contribution in [0.25, 0.3) is 0 Å². The topological polar surface area (TPSA) is 76.1 Å². The summed E-state index contributed by atoms with van der Waals surface area (Å²) in [7, 11) is 1.29. The minimum absolute atomic E-state index is 0.0384. The van der Waals surface area contributed by atoms with Gasteiger partial charge in [-0.1, -0.05) is 0 Å². The number of aliphatic hydroxyl groups is 1. The summed E-state index contributed by atoms with van der Waals surface area (Å²) in [4.78, 5) is 24.8. The highest BCUT2D eigenvalue weighted by Gasteiger charge is 2.31. The van der Waals surface area contributed by atoms with Crippen LogP contribution in [0.1, 0.15) is 40.0 Å². The Balaban J connectivity index is 2.53. The van der Waals surface area contributed by atoms with Gasteiger partial charge in [0.15, 0.2) is 0 Å². The number of methoxy groups -OCH3 is 1. The number of ether oxygens (including phenoxy) is 2. The first-order chi connectivity index (χ1) is 9.23. The molecule has 1 N–H and O–H groups in total. The number of hydrogen-bond donors (Lipinski definition) is 1. The number of hydrogen-bond acceptors (Lipinski definition) is 5. The first-order valence-corrected chi connectivity index (χ1v) is 6.95. The monoisotopic (exact) mass is 287 g/mol. The van der Waals surface area contributed by atoms with Crippen LogP contribution in [-0.2, 0) is 14.3 Å². The molecule has 0 saturated carbocycles. The Kier molecular flexibility index (Phi) is 5.80. The summed E-state index contributed by atoms with van der Waals surface area (Å²) in [5.41, 5.74) is -0.533. The SMILES string of the molecule is COC(=O)C[C@H](O)[C@@H]1CCCN(C(=O)OC(C)(C)C)C1. The molecule has 0 aromatic heterocycles. The zero-order valence-electron chi connectivity index (χ0n) is 12.7. The van der Waals surface area contributed by atoms with E-state index < -0.39 is 17.7 Å². The van der Waals surface area contributed by atoms with Crippen molar-refractivity contribution in [3.63, 3.8) is 0 Å². The second-order valence-electron chi connectivity index (χ2n) is 6.18. The van der Waals surface area contributed by atoms with E-state index >= 15 is 0 Å². The molecule has 20 heavy (non-hydrogen) atoms. The average Bonchev–Trinajstić information content (AvgIpc) is 2.36. The van der Waals surface area contributed by atoms with Crippen LogP contribution in [0.5, 0.6) is 0 Å². The third kappa shape index (κ3) is 5.36. The second kappa shape index (κ2) is 6.92. The molecule has 6 nitrogen and oxygen atoms in total. The molecule has 1 saturated heterocycles. The van der Waals surface area contributed by atoms with Gasteiger partial charge in [0.05, 0.1) is 19.6 Å². The average molecular weight is 287 g/mol. The summed E-state index contributed by atoms with van der Waals surface area (Å²) in [6.45, 7) is 6.48. The van der Waals surface area contributed by atoms with Crippen LogP contribution in [-0.4, -0.2) is 54.0 Å². The fraction of sp³-hybridized carbons (Fsp3) is 0.857. The van der Waals surface area contributed by atoms with Gasteiger partial charge in [-0.25, -0.2) is 4.79 Å². The molecule has 0 aromatic carbocycles. The zero-order chi connectivity index (χ0) is 15.3. The van der Waals surface area contributed by atoms with Crippen molar-refractivity contribution in [2.24, 2.45) is 5.92 Å². The molecule has 2 atom stereocenters. The van der Waals surface area contributed by atoms with Crippen molar-refractivity contribution in [3.8, 4) is 0 Å². The van der Waals surface area contributed by atoms with E-state index in [4.69, 9.17) is 4.74 Å². The van der Waals surface area contributed by atoms with Crippen LogP contribution >= 0.6 is 0 Å². The van der Waals surface area contributed by atoms with Gasteiger partial charge in [0.2, 0.25) is 0 Å². The van der Waals surface area contributed by atoms with E-state index in [0.717, 1.165) is 12.8 Å². The van der Waals surface area contributed by atoms with Gasteiger partial charge in [-0.3, -0.25) is 4.79 Å². The van der Waals surface area contributed by atoms with E-state index in [0.29, 0.717) is 13.1 Å². The van der Waals surface area contributed by atoms with Crippen molar-refractivity contribution in [1.82, 2.24) is 4.90 Å². The van der Waals surface area contributed by atoms with Gasteiger partial charge >= 0.3 is 12.1 Å². The number of piperidine rings is 1. The number of amides is 1. The Labute approximate surface area is 120 Å². The molecule has 6 heteroatoms. The molecule has 1 aliphatic heterocycles. The Bertz CT molecular complexity index is 350. The molecule has 0 aliphatic carbocycles. The fourth-order valence-electron chi connectivity index (χ4n) is 2.24. The molecule has 0 radical (unpaired) electrons. The van der Waals surface area contributed by atoms with E-state index in [2.05, 4.69) is 4.74 Å². The van der Waals surface area contributed by atoms with E-state index in [1.165, 1.54) is 7.11 Å². The van der Waals surface area contributed by atoms with Gasteiger partial charge < -0.3 is 19.5 Å². The highest BCUT2D eigenvalue weighted by atomic mass is 16.6. The Morgan fingerprint density at radius 3 is 2.60 bits per heavy atom. The van der Waals surface area contributed by atoms with Crippen LogP contribution in [0.4, 0.5) is 4.79 Å². The summed E-state index contributed by atoms with van der Waals surface area (Å²) >= 11 is 0. The second-order valence-corrected chi connectivity index (χ2v) is 6.18. The molecular weight excluding hydrogens is 262 g/mol. The van der Waals surface area contributed by atoms with Crippen LogP contribution < -0.4 is 0 Å². The lowest BCUT2D eigenvalue weighted by atomic mass is 9.91. The van der Waals surface area contributed by atoms with Crippen molar-refractivity contribution < 1.29 is 24.2 Å². The predicted molar refractivity (Wildman–Crippen MR) is 73.2 cm³/mol. The van der Waals surface area contributed by atoms with E-state index in [1.807, 2.05) is 20.8 Å². The first kappa shape index (κ1) is 16.8. The van der Waals surface area contributed by atoms with Crippen molar-refractivity contribution in [1.29, 1.82) is 0 Å². The summed E-state index contributed by atoms with van der Waals surface area (Å²) < 4.78 is 9.87. The summed E-state index contributed by atoms with van der Waals surface area (Å²) in [5, 5.41) is 10.0. The lowest BCUT2D eigenvalue weighted by molar-refractivity contribution is -0.143. The molecule has 1 aliphatic rings. The number of aliphatic hydroxyl groups excluding tert-OH is 1. The smallest absolute Gasteiger partial charge is 0.410 e.